The van der Waals surface area contributed by atoms with E-state index >= 15 is 0 Å². The van der Waals surface area contributed by atoms with E-state index < -0.39 is 5.54 Å². The van der Waals surface area contributed by atoms with Crippen molar-refractivity contribution in [1.29, 1.82) is 0 Å². The molecular formula is C22H24N4O3. The molecule has 2 saturated carbocycles. The van der Waals surface area contributed by atoms with Crippen LogP contribution in [0.15, 0.2) is 28.9 Å². The van der Waals surface area contributed by atoms with E-state index in [1.165, 1.54) is 0 Å². The summed E-state index contributed by atoms with van der Waals surface area (Å²) >= 11 is 0. The number of rotatable bonds is 4. The molecule has 4 rings (SSSR count). The third-order valence-corrected chi connectivity index (χ3v) is 5.32. The quantitative estimate of drug-likeness (QED) is 0.779. The highest BCUT2D eigenvalue weighted by molar-refractivity contribution is 5.93. The van der Waals surface area contributed by atoms with Crippen LogP contribution < -0.4 is 10.6 Å². The van der Waals surface area contributed by atoms with Crippen molar-refractivity contribution in [3.05, 3.63) is 41.4 Å². The minimum Gasteiger partial charge on any atom is -0.351 e. The summed E-state index contributed by atoms with van der Waals surface area (Å²) in [6, 6.07) is 5.21. The molecule has 29 heavy (non-hydrogen) atoms. The summed E-state index contributed by atoms with van der Waals surface area (Å²) in [4.78, 5) is 28.7. The SMILES string of the molecule is Cc1cc(C(=O)NC2(C#Cc3ccc(NC(=O)C4CC4)nc3)CCCCC2)on1. The van der Waals surface area contributed by atoms with Gasteiger partial charge in [0, 0.05) is 23.7 Å². The van der Waals surface area contributed by atoms with Crippen molar-refractivity contribution in [3.8, 4) is 11.8 Å². The van der Waals surface area contributed by atoms with Gasteiger partial charge in [0.25, 0.3) is 5.91 Å². The van der Waals surface area contributed by atoms with E-state index in [2.05, 4.69) is 32.6 Å². The van der Waals surface area contributed by atoms with Crippen LogP contribution in [-0.4, -0.2) is 27.5 Å². The summed E-state index contributed by atoms with van der Waals surface area (Å²) in [7, 11) is 0. The van der Waals surface area contributed by atoms with Gasteiger partial charge in [0.2, 0.25) is 11.7 Å². The Bertz CT molecular complexity index is 958. The molecule has 2 aliphatic rings. The number of hydrogen-bond donors (Lipinski definition) is 2. The topological polar surface area (TPSA) is 97.1 Å². The number of carbonyl (C=O) groups is 2. The number of nitrogens with one attached hydrogen (secondary N) is 2. The largest absolute Gasteiger partial charge is 0.351 e. The summed E-state index contributed by atoms with van der Waals surface area (Å²) in [6.45, 7) is 1.78. The molecule has 2 heterocycles. The second kappa shape index (κ2) is 8.08. The van der Waals surface area contributed by atoms with Gasteiger partial charge in [-0.15, -0.1) is 0 Å². The molecule has 0 atom stereocenters. The first kappa shape index (κ1) is 19.2. The van der Waals surface area contributed by atoms with Crippen LogP contribution in [0.25, 0.3) is 0 Å². The highest BCUT2D eigenvalue weighted by Crippen LogP contribution is 2.30. The van der Waals surface area contributed by atoms with E-state index in [-0.39, 0.29) is 23.5 Å². The molecule has 2 aromatic heterocycles. The predicted molar refractivity (Wildman–Crippen MR) is 107 cm³/mol. The smallest absolute Gasteiger partial charge is 0.291 e. The van der Waals surface area contributed by atoms with E-state index in [4.69, 9.17) is 4.52 Å². The first-order valence-electron chi connectivity index (χ1n) is 10.1. The lowest BCUT2D eigenvalue weighted by molar-refractivity contribution is -0.117. The molecule has 7 nitrogen and oxygen atoms in total. The van der Waals surface area contributed by atoms with Crippen LogP contribution in [-0.2, 0) is 4.79 Å². The maximum atomic E-state index is 12.6. The molecular weight excluding hydrogens is 368 g/mol. The van der Waals surface area contributed by atoms with Crippen molar-refractivity contribution in [2.45, 2.75) is 57.4 Å². The molecule has 0 bridgehead atoms. The number of aryl methyl sites for hydroxylation is 1. The van der Waals surface area contributed by atoms with Crippen molar-refractivity contribution >= 4 is 17.6 Å². The van der Waals surface area contributed by atoms with E-state index in [9.17, 15) is 9.59 Å². The number of nitrogens with zero attached hydrogens (tertiary/aromatic N) is 2. The average Bonchev–Trinajstić information content (AvgIpc) is 3.49. The van der Waals surface area contributed by atoms with Crippen LogP contribution in [0.4, 0.5) is 5.82 Å². The summed E-state index contributed by atoms with van der Waals surface area (Å²) in [6.07, 6.45) is 8.30. The van der Waals surface area contributed by atoms with Crippen LogP contribution in [0, 0.1) is 24.7 Å². The maximum absolute atomic E-state index is 12.6. The number of carbonyl (C=O) groups excluding carboxylic acids is 2. The van der Waals surface area contributed by atoms with Crippen LogP contribution in [0.3, 0.4) is 0 Å². The van der Waals surface area contributed by atoms with Crippen LogP contribution in [0.2, 0.25) is 0 Å². The highest BCUT2D eigenvalue weighted by atomic mass is 16.5. The molecule has 0 saturated heterocycles. The van der Waals surface area contributed by atoms with Gasteiger partial charge in [0.05, 0.1) is 5.69 Å². The molecule has 2 fully saturated rings. The van der Waals surface area contributed by atoms with Gasteiger partial charge in [-0.1, -0.05) is 36.3 Å². The fourth-order valence-corrected chi connectivity index (χ4v) is 3.49. The fourth-order valence-electron chi connectivity index (χ4n) is 3.49. The molecule has 0 aliphatic heterocycles. The van der Waals surface area contributed by atoms with Gasteiger partial charge < -0.3 is 15.2 Å². The zero-order chi connectivity index (χ0) is 20.3. The second-order valence-electron chi connectivity index (χ2n) is 7.88. The Balaban J connectivity index is 1.47. The first-order valence-corrected chi connectivity index (χ1v) is 10.1. The van der Waals surface area contributed by atoms with Gasteiger partial charge in [-0.05, 0) is 44.7 Å². The van der Waals surface area contributed by atoms with E-state index in [0.29, 0.717) is 11.5 Å². The Morgan fingerprint density at radius 2 is 2.00 bits per heavy atom. The third-order valence-electron chi connectivity index (χ3n) is 5.32. The van der Waals surface area contributed by atoms with Crippen molar-refractivity contribution in [3.63, 3.8) is 0 Å². The van der Waals surface area contributed by atoms with Crippen LogP contribution >= 0.6 is 0 Å². The zero-order valence-electron chi connectivity index (χ0n) is 16.5. The van der Waals surface area contributed by atoms with Crippen molar-refractivity contribution < 1.29 is 14.1 Å². The lowest BCUT2D eigenvalue weighted by Gasteiger charge is -2.33. The number of aromatic nitrogens is 2. The highest BCUT2D eigenvalue weighted by Gasteiger charge is 2.33. The molecule has 0 unspecified atom stereocenters. The van der Waals surface area contributed by atoms with E-state index in [1.807, 2.05) is 6.07 Å². The Morgan fingerprint density at radius 3 is 2.62 bits per heavy atom. The molecule has 0 aromatic carbocycles. The van der Waals surface area contributed by atoms with Gasteiger partial charge in [0.15, 0.2) is 0 Å². The average molecular weight is 392 g/mol. The second-order valence-corrected chi connectivity index (χ2v) is 7.88. The minimum atomic E-state index is -0.588. The third kappa shape index (κ3) is 4.83. The normalized spacial score (nSPS) is 17.7. The summed E-state index contributed by atoms with van der Waals surface area (Å²) in [5, 5.41) is 9.66. The number of anilines is 1. The Kier molecular flexibility index (Phi) is 5.34. The molecule has 7 heteroatoms. The van der Waals surface area contributed by atoms with Gasteiger partial charge in [0.1, 0.15) is 11.4 Å². The Morgan fingerprint density at radius 1 is 1.21 bits per heavy atom. The maximum Gasteiger partial charge on any atom is 0.291 e. The summed E-state index contributed by atoms with van der Waals surface area (Å²) < 4.78 is 5.09. The monoisotopic (exact) mass is 392 g/mol. The molecule has 2 aromatic rings. The predicted octanol–water partition coefficient (Wildman–Crippen LogP) is 3.21. The standard InChI is InChI=1S/C22H24N4O3/c1-15-13-18(29-26-15)21(28)25-22(10-3-2-4-11-22)12-9-16-5-8-19(23-14-16)24-20(27)17-6-7-17/h5,8,13-14,17H,2-4,6-7,10-11H2,1H3,(H,25,28)(H,23,24,27). The number of hydrogen-bond acceptors (Lipinski definition) is 5. The van der Waals surface area contributed by atoms with Crippen LogP contribution in [0.1, 0.15) is 66.8 Å². The van der Waals surface area contributed by atoms with E-state index in [0.717, 1.165) is 50.5 Å². The molecule has 0 spiro atoms. The van der Waals surface area contributed by atoms with Crippen LogP contribution in [0.5, 0.6) is 0 Å². The lowest BCUT2D eigenvalue weighted by atomic mass is 9.82. The molecule has 2 N–H and O–H groups in total. The van der Waals surface area contributed by atoms with E-state index in [1.54, 1.807) is 25.3 Å². The Hall–Kier alpha value is -3.14. The summed E-state index contributed by atoms with van der Waals surface area (Å²) in [5.74, 6) is 7.03. The minimum absolute atomic E-state index is 0.0304. The van der Waals surface area contributed by atoms with Gasteiger partial charge in [-0.2, -0.15) is 0 Å². The van der Waals surface area contributed by atoms with Gasteiger partial charge >= 0.3 is 0 Å². The molecule has 2 aliphatic carbocycles. The van der Waals surface area contributed by atoms with Crippen molar-refractivity contribution in [1.82, 2.24) is 15.5 Å². The first-order chi connectivity index (χ1) is 14.0. The number of pyridine rings is 1. The van der Waals surface area contributed by atoms with Crippen molar-refractivity contribution in [2.75, 3.05) is 5.32 Å². The molecule has 150 valence electrons. The Labute approximate surface area is 169 Å². The molecule has 0 radical (unpaired) electrons. The zero-order valence-corrected chi connectivity index (χ0v) is 16.5. The summed E-state index contributed by atoms with van der Waals surface area (Å²) in [5.41, 5.74) is 0.817. The lowest BCUT2D eigenvalue weighted by Crippen LogP contribution is -2.48. The molecule has 2 amide bonds. The number of amides is 2. The van der Waals surface area contributed by atoms with Gasteiger partial charge in [-0.3, -0.25) is 9.59 Å². The van der Waals surface area contributed by atoms with Gasteiger partial charge in [-0.25, -0.2) is 4.98 Å². The fraction of sp³-hybridized carbons (Fsp3) is 0.455. The van der Waals surface area contributed by atoms with Crippen molar-refractivity contribution in [2.24, 2.45) is 5.92 Å².